The van der Waals surface area contributed by atoms with E-state index in [4.69, 9.17) is 57.5 Å². The summed E-state index contributed by atoms with van der Waals surface area (Å²) in [6.45, 7) is 27.7. The van der Waals surface area contributed by atoms with Gasteiger partial charge in [0.05, 0.1) is 61.5 Å². The van der Waals surface area contributed by atoms with E-state index >= 15 is 0 Å². The third-order valence-electron chi connectivity index (χ3n) is 16.8. The zero-order chi connectivity index (χ0) is 50.4. The summed E-state index contributed by atoms with van der Waals surface area (Å²) in [5, 5.41) is 13.1. The molecule has 7 rings (SSSR count). The zero-order valence-electron chi connectivity index (χ0n) is 44.3. The molecule has 6 aliphatic heterocycles. The van der Waals surface area contributed by atoms with E-state index in [1.165, 1.54) is 0 Å². The Morgan fingerprint density at radius 3 is 2.26 bits per heavy atom. The molecule has 15 heteroatoms. The number of carbonyl (C=O) groups is 1. The average molecular weight is 986 g/mol. The molecule has 69 heavy (non-hydrogen) atoms. The molecule has 4 fully saturated rings. The lowest BCUT2D eigenvalue weighted by Gasteiger charge is -2.49. The molecule has 0 aromatic rings. The predicted octanol–water partition coefficient (Wildman–Crippen LogP) is 8.37. The molecule has 0 amide bonds. The second-order valence-corrected chi connectivity index (χ2v) is 27.7. The normalized spacial score (nSPS) is 45.9. The van der Waals surface area contributed by atoms with Crippen molar-refractivity contribution < 1.29 is 61.7 Å². The van der Waals surface area contributed by atoms with Crippen LogP contribution in [-0.2, 0) is 56.6 Å². The second kappa shape index (κ2) is 21.8. The van der Waals surface area contributed by atoms with E-state index < -0.39 is 80.8 Å². The van der Waals surface area contributed by atoms with Gasteiger partial charge in [0, 0.05) is 51.7 Å². The quantitative estimate of drug-likeness (QED) is 0.122. The number of esters is 1. The van der Waals surface area contributed by atoms with Crippen LogP contribution in [0.1, 0.15) is 115 Å². The van der Waals surface area contributed by atoms with Gasteiger partial charge in [0.15, 0.2) is 26.7 Å². The van der Waals surface area contributed by atoms with Gasteiger partial charge in [-0.1, -0.05) is 91.3 Å². The fourth-order valence-electron chi connectivity index (χ4n) is 11.2. The summed E-state index contributed by atoms with van der Waals surface area (Å²) < 4.78 is 72.3. The SMILES string of the molecule is CC[C@@H](C)[C@H]1O[C@]2(C=C[C@@H]1C)C[C@@H]1C[C@@H](C/C=C(\C)[C@@H](O[C@H]3C[C@H](OC)[C@@H](O[C@H]4C[C@H](OC)[C@H](N)[C@H](C)O4)[C@H](C)O3)[C@@H](C)/C=C/C=C3\CO[C@@H]4[C@H](O[Si](C)(C)C(C)(C)C)C(C)=C[C@@H](C(=O)O1)[C@]34O)O2. The van der Waals surface area contributed by atoms with Crippen LogP contribution in [0.3, 0.4) is 0 Å². The number of nitrogens with two attached hydrogens (primary N) is 1. The Kier molecular flexibility index (Phi) is 17.3. The first-order valence-corrected chi connectivity index (χ1v) is 28.8. The van der Waals surface area contributed by atoms with E-state index in [1.807, 2.05) is 45.1 Å². The molecule has 7 aliphatic rings. The molecule has 1 aliphatic carbocycles. The highest BCUT2D eigenvalue weighted by atomic mass is 28.4. The Balaban J connectivity index is 1.22. The van der Waals surface area contributed by atoms with Crippen molar-refractivity contribution in [3.8, 4) is 0 Å². The first-order chi connectivity index (χ1) is 32.4. The summed E-state index contributed by atoms with van der Waals surface area (Å²) in [6.07, 6.45) is 11.7. The molecule has 0 saturated carbocycles. The lowest BCUT2D eigenvalue weighted by atomic mass is 9.71. The highest BCUT2D eigenvalue weighted by Crippen LogP contribution is 2.50. The number of aliphatic hydroxyl groups is 1. The van der Waals surface area contributed by atoms with Crippen LogP contribution < -0.4 is 5.73 Å². The highest BCUT2D eigenvalue weighted by molar-refractivity contribution is 6.74. The maximum Gasteiger partial charge on any atom is 0.316 e. The third-order valence-corrected chi connectivity index (χ3v) is 21.3. The van der Waals surface area contributed by atoms with Gasteiger partial charge in [-0.2, -0.15) is 0 Å². The number of ether oxygens (including phenoxy) is 10. The minimum atomic E-state index is -2.37. The number of rotatable bonds is 10. The van der Waals surface area contributed by atoms with Gasteiger partial charge in [0.1, 0.15) is 29.8 Å². The Hall–Kier alpha value is -2.09. The van der Waals surface area contributed by atoms with E-state index in [9.17, 15) is 9.90 Å². The average Bonchev–Trinajstić information content (AvgIpc) is 3.63. The summed E-state index contributed by atoms with van der Waals surface area (Å²) in [5.41, 5.74) is 7.04. The topological polar surface area (TPSA) is 165 Å². The summed E-state index contributed by atoms with van der Waals surface area (Å²) in [6, 6.07) is -0.255. The van der Waals surface area contributed by atoms with Crippen LogP contribution in [0.15, 0.2) is 59.3 Å². The maximum atomic E-state index is 14.8. The van der Waals surface area contributed by atoms with Crippen LogP contribution in [0.25, 0.3) is 0 Å². The molecule has 2 bridgehead atoms. The Morgan fingerprint density at radius 2 is 1.58 bits per heavy atom. The number of hydrogen-bond acceptors (Lipinski definition) is 14. The van der Waals surface area contributed by atoms with Crippen LogP contribution in [0.4, 0.5) is 0 Å². The van der Waals surface area contributed by atoms with Crippen molar-refractivity contribution in [2.45, 2.75) is 230 Å². The highest BCUT2D eigenvalue weighted by Gasteiger charge is 2.62. The second-order valence-electron chi connectivity index (χ2n) is 22.9. The van der Waals surface area contributed by atoms with Crippen molar-refractivity contribution in [2.24, 2.45) is 29.4 Å². The molecular formula is C54H87NO13Si. The number of fused-ring (bicyclic) bond motifs is 2. The molecule has 390 valence electrons. The van der Waals surface area contributed by atoms with Gasteiger partial charge < -0.3 is 62.6 Å². The van der Waals surface area contributed by atoms with Gasteiger partial charge in [-0.25, -0.2) is 0 Å². The van der Waals surface area contributed by atoms with Crippen molar-refractivity contribution in [3.63, 3.8) is 0 Å². The Labute approximate surface area is 414 Å². The Morgan fingerprint density at radius 1 is 0.899 bits per heavy atom. The molecule has 0 unspecified atom stereocenters. The van der Waals surface area contributed by atoms with E-state index in [-0.39, 0.29) is 66.0 Å². The number of allylic oxidation sites excluding steroid dienone is 2. The predicted molar refractivity (Wildman–Crippen MR) is 265 cm³/mol. The van der Waals surface area contributed by atoms with Gasteiger partial charge in [-0.3, -0.25) is 4.79 Å². The molecule has 0 aromatic carbocycles. The maximum absolute atomic E-state index is 14.8. The standard InChI is InChI=1S/C54H87NO13Si/c1-16-30(2)47-33(5)22-23-53(67-47)28-39-25-38(66-53)21-20-32(4)46(64-44-27-42(59-13)49(36(8)62-44)65-43-26-41(58-12)45(55)35(7)61-43)31(3)18-17-19-37-29-60-50-48(68-69(14,15)52(9,10)11)34(6)24-40(51(56)63-39)54(37,50)57/h17-20,22-24,30-31,33,35-36,38-50,57H,16,21,25-29,55H2,1-15H3/b18-17+,32-20+,37-19+/t30-,31+,33+,35+,36+,38-,39+,40+,41+,42+,43+,44+,45-,46+,47-,48-,49+,50-,53-,54-/m1/s1. The van der Waals surface area contributed by atoms with Gasteiger partial charge in [0.25, 0.3) is 0 Å². The van der Waals surface area contributed by atoms with Crippen LogP contribution >= 0.6 is 0 Å². The summed E-state index contributed by atoms with van der Waals surface area (Å²) in [4.78, 5) is 14.8. The number of carbonyl (C=O) groups excluding carboxylic acids is 1. The summed E-state index contributed by atoms with van der Waals surface area (Å²) >= 11 is 0. The summed E-state index contributed by atoms with van der Waals surface area (Å²) in [7, 11) is 0.975. The van der Waals surface area contributed by atoms with Gasteiger partial charge >= 0.3 is 5.97 Å². The third kappa shape index (κ3) is 11.5. The van der Waals surface area contributed by atoms with E-state index in [0.29, 0.717) is 37.7 Å². The van der Waals surface area contributed by atoms with E-state index in [1.54, 1.807) is 14.2 Å². The lowest BCUT2D eigenvalue weighted by Crippen LogP contribution is -2.60. The molecule has 4 saturated heterocycles. The molecule has 6 heterocycles. The van der Waals surface area contributed by atoms with E-state index in [2.05, 4.69) is 86.7 Å². The monoisotopic (exact) mass is 986 g/mol. The molecule has 0 radical (unpaired) electrons. The number of methoxy groups -OCH3 is 2. The van der Waals surface area contributed by atoms with Crippen molar-refractivity contribution in [2.75, 3.05) is 20.8 Å². The molecule has 1 spiro atoms. The minimum absolute atomic E-state index is 0.0830. The summed E-state index contributed by atoms with van der Waals surface area (Å²) in [5.74, 6) is -2.36. The van der Waals surface area contributed by atoms with Crippen LogP contribution in [0, 0.1) is 23.7 Å². The molecule has 3 N–H and O–H groups in total. The largest absolute Gasteiger partial charge is 0.462 e. The molecule has 20 atom stereocenters. The van der Waals surface area contributed by atoms with Crippen molar-refractivity contribution in [1.82, 2.24) is 0 Å². The van der Waals surface area contributed by atoms with Crippen LogP contribution in [0.2, 0.25) is 18.1 Å². The van der Waals surface area contributed by atoms with E-state index in [0.717, 1.165) is 17.6 Å². The minimum Gasteiger partial charge on any atom is -0.462 e. The fourth-order valence-corrected chi connectivity index (χ4v) is 12.5. The number of hydrogen-bond donors (Lipinski definition) is 2. The smallest absolute Gasteiger partial charge is 0.316 e. The fraction of sp³-hybridized carbons (Fsp3) is 0.796. The molecule has 14 nitrogen and oxygen atoms in total. The molecular weight excluding hydrogens is 899 g/mol. The lowest BCUT2D eigenvalue weighted by molar-refractivity contribution is -0.311. The van der Waals surface area contributed by atoms with Crippen LogP contribution in [-0.4, -0.2) is 137 Å². The van der Waals surface area contributed by atoms with Crippen LogP contribution in [0.5, 0.6) is 0 Å². The first-order valence-electron chi connectivity index (χ1n) is 25.9. The van der Waals surface area contributed by atoms with Crippen molar-refractivity contribution >= 4 is 14.3 Å². The van der Waals surface area contributed by atoms with Crippen molar-refractivity contribution in [3.05, 3.63) is 59.3 Å². The van der Waals surface area contributed by atoms with Gasteiger partial charge in [-0.15, -0.1) is 0 Å². The Bertz CT molecular complexity index is 1950. The van der Waals surface area contributed by atoms with Gasteiger partial charge in [0.2, 0.25) is 0 Å². The van der Waals surface area contributed by atoms with Crippen molar-refractivity contribution in [1.29, 1.82) is 0 Å². The molecule has 0 aromatic heterocycles. The first kappa shape index (κ1) is 54.7. The van der Waals surface area contributed by atoms with Gasteiger partial charge in [-0.05, 0) is 81.0 Å². The zero-order valence-corrected chi connectivity index (χ0v) is 45.3.